The quantitative estimate of drug-likeness (QED) is 0.426. The highest BCUT2D eigenvalue weighted by molar-refractivity contribution is 5.71. The van der Waals surface area contributed by atoms with Gasteiger partial charge in [0.25, 0.3) is 0 Å². The molecular formula is C18H25NO5. The van der Waals surface area contributed by atoms with Gasteiger partial charge in [-0.05, 0) is 24.8 Å². The Morgan fingerprint density at radius 2 is 1.96 bits per heavy atom. The molecule has 0 aliphatic heterocycles. The summed E-state index contributed by atoms with van der Waals surface area (Å²) < 4.78 is 4.76. The molecule has 6 nitrogen and oxygen atoms in total. The van der Waals surface area contributed by atoms with E-state index >= 15 is 0 Å². The van der Waals surface area contributed by atoms with Gasteiger partial charge in [0.05, 0.1) is 18.6 Å². The zero-order valence-corrected chi connectivity index (χ0v) is 13.7. The second-order valence-corrected chi connectivity index (χ2v) is 5.53. The van der Waals surface area contributed by atoms with E-state index in [2.05, 4.69) is 11.9 Å². The minimum atomic E-state index is -1.09. The molecule has 0 heterocycles. The zero-order chi connectivity index (χ0) is 17.8. The third-order valence-electron chi connectivity index (χ3n) is 3.55. The van der Waals surface area contributed by atoms with Gasteiger partial charge < -0.3 is 20.3 Å². The number of carboxylic acid groups (broad SMARTS) is 1. The highest BCUT2D eigenvalue weighted by Gasteiger charge is 2.24. The summed E-state index contributed by atoms with van der Waals surface area (Å²) in [5.74, 6) is -1.09. The summed E-state index contributed by atoms with van der Waals surface area (Å²) in [6.45, 7) is 3.45. The Balaban J connectivity index is 2.39. The number of unbranched alkanes of at least 4 members (excludes halogenated alkanes) is 1. The largest absolute Gasteiger partial charge is 0.481 e. The predicted molar refractivity (Wildman–Crippen MR) is 90.7 cm³/mol. The lowest BCUT2D eigenvalue weighted by Crippen LogP contribution is -2.45. The fourth-order valence-corrected chi connectivity index (χ4v) is 2.33. The number of hydrogen-bond donors (Lipinski definition) is 3. The van der Waals surface area contributed by atoms with Crippen LogP contribution in [-0.4, -0.2) is 41.0 Å². The lowest BCUT2D eigenvalue weighted by atomic mass is 10.00. The van der Waals surface area contributed by atoms with E-state index in [0.29, 0.717) is 6.42 Å². The highest BCUT2D eigenvalue weighted by Crippen LogP contribution is 2.12. The normalized spacial score (nSPS) is 12.9. The van der Waals surface area contributed by atoms with Crippen molar-refractivity contribution in [1.82, 2.24) is 5.32 Å². The maximum atomic E-state index is 11.5. The minimum absolute atomic E-state index is 0.0266. The van der Waals surface area contributed by atoms with Gasteiger partial charge in [-0.3, -0.25) is 4.79 Å². The van der Waals surface area contributed by atoms with Crippen molar-refractivity contribution in [1.29, 1.82) is 0 Å². The Morgan fingerprint density at radius 3 is 2.58 bits per heavy atom. The molecule has 1 aromatic rings. The first-order valence-corrected chi connectivity index (χ1v) is 8.01. The van der Waals surface area contributed by atoms with Crippen molar-refractivity contribution in [3.63, 3.8) is 0 Å². The van der Waals surface area contributed by atoms with E-state index < -0.39 is 24.2 Å². The molecule has 2 unspecified atom stereocenters. The Bertz CT molecular complexity index is 517. The standard InChI is InChI=1S/C18H25NO5/c1-2-12-24-18(23)19-15(13-17(21)22)16(20)11-7-6-10-14-8-4-3-5-9-14/h2-5,8-9,15-16,20H,1,6-7,10-13H2,(H,19,23)(H,21,22). The fourth-order valence-electron chi connectivity index (χ4n) is 2.33. The van der Waals surface area contributed by atoms with E-state index in [1.165, 1.54) is 11.6 Å². The predicted octanol–water partition coefficient (Wildman–Crippen LogP) is 2.52. The summed E-state index contributed by atoms with van der Waals surface area (Å²) in [4.78, 5) is 22.4. The van der Waals surface area contributed by atoms with Crippen LogP contribution in [0.4, 0.5) is 4.79 Å². The first-order valence-electron chi connectivity index (χ1n) is 8.01. The first kappa shape index (κ1) is 19.7. The molecule has 0 radical (unpaired) electrons. The van der Waals surface area contributed by atoms with Crippen LogP contribution in [0.25, 0.3) is 0 Å². The molecule has 0 bridgehead atoms. The number of aliphatic hydroxyl groups excluding tert-OH is 1. The van der Waals surface area contributed by atoms with E-state index in [4.69, 9.17) is 9.84 Å². The molecular weight excluding hydrogens is 310 g/mol. The number of aliphatic carboxylic acids is 1. The number of alkyl carbamates (subject to hydrolysis) is 1. The van der Waals surface area contributed by atoms with Crippen LogP contribution in [0, 0.1) is 0 Å². The van der Waals surface area contributed by atoms with Crippen molar-refractivity contribution < 1.29 is 24.5 Å². The van der Waals surface area contributed by atoms with Crippen LogP contribution < -0.4 is 5.32 Å². The highest BCUT2D eigenvalue weighted by atomic mass is 16.5. The van der Waals surface area contributed by atoms with Crippen LogP contribution in [0.2, 0.25) is 0 Å². The van der Waals surface area contributed by atoms with Crippen LogP contribution in [0.1, 0.15) is 31.2 Å². The van der Waals surface area contributed by atoms with Crippen molar-refractivity contribution in [2.24, 2.45) is 0 Å². The van der Waals surface area contributed by atoms with Crippen molar-refractivity contribution in [3.05, 3.63) is 48.6 Å². The topological polar surface area (TPSA) is 95.9 Å². The third-order valence-corrected chi connectivity index (χ3v) is 3.55. The molecule has 0 aromatic heterocycles. The lowest BCUT2D eigenvalue weighted by molar-refractivity contribution is -0.138. The summed E-state index contributed by atoms with van der Waals surface area (Å²) in [6.07, 6.45) is 2.27. The Kier molecular flexibility index (Phi) is 9.23. The number of hydrogen-bond acceptors (Lipinski definition) is 4. The second-order valence-electron chi connectivity index (χ2n) is 5.53. The van der Waals surface area contributed by atoms with Crippen molar-refractivity contribution in [2.75, 3.05) is 6.61 Å². The molecule has 1 aromatic carbocycles. The molecule has 1 amide bonds. The molecule has 6 heteroatoms. The molecule has 24 heavy (non-hydrogen) atoms. The van der Waals surface area contributed by atoms with Gasteiger partial charge in [-0.25, -0.2) is 4.79 Å². The molecule has 1 rings (SSSR count). The molecule has 0 aliphatic carbocycles. The molecule has 0 saturated heterocycles. The SMILES string of the molecule is C=CCOC(=O)NC(CC(=O)O)C(O)CCCCc1ccccc1. The van der Waals surface area contributed by atoms with Gasteiger partial charge in [-0.2, -0.15) is 0 Å². The van der Waals surface area contributed by atoms with Gasteiger partial charge in [-0.15, -0.1) is 0 Å². The number of rotatable bonds is 11. The Labute approximate surface area is 142 Å². The van der Waals surface area contributed by atoms with Crippen LogP contribution in [0.15, 0.2) is 43.0 Å². The maximum absolute atomic E-state index is 11.5. The van der Waals surface area contributed by atoms with Crippen LogP contribution >= 0.6 is 0 Å². The Morgan fingerprint density at radius 1 is 1.25 bits per heavy atom. The summed E-state index contributed by atoms with van der Waals surface area (Å²) >= 11 is 0. The Hall–Kier alpha value is -2.34. The van der Waals surface area contributed by atoms with Crippen LogP contribution in [0.3, 0.4) is 0 Å². The van der Waals surface area contributed by atoms with Gasteiger partial charge in [0.2, 0.25) is 0 Å². The van der Waals surface area contributed by atoms with Crippen molar-refractivity contribution >= 4 is 12.1 Å². The number of amides is 1. The van der Waals surface area contributed by atoms with Gasteiger partial charge >= 0.3 is 12.1 Å². The van der Waals surface area contributed by atoms with E-state index in [1.54, 1.807) is 0 Å². The molecule has 0 saturated carbocycles. The average Bonchev–Trinajstić information content (AvgIpc) is 2.56. The van der Waals surface area contributed by atoms with E-state index in [1.807, 2.05) is 30.3 Å². The number of carbonyl (C=O) groups excluding carboxylic acids is 1. The van der Waals surface area contributed by atoms with E-state index in [-0.39, 0.29) is 13.0 Å². The number of ether oxygens (including phenoxy) is 1. The maximum Gasteiger partial charge on any atom is 0.407 e. The average molecular weight is 335 g/mol. The number of aliphatic hydroxyl groups is 1. The number of aryl methyl sites for hydroxylation is 1. The number of carboxylic acids is 1. The third kappa shape index (κ3) is 8.33. The first-order chi connectivity index (χ1) is 11.5. The van der Waals surface area contributed by atoms with E-state index in [0.717, 1.165) is 19.3 Å². The zero-order valence-electron chi connectivity index (χ0n) is 13.7. The molecule has 0 fully saturated rings. The van der Waals surface area contributed by atoms with Gasteiger partial charge in [0, 0.05) is 0 Å². The summed E-state index contributed by atoms with van der Waals surface area (Å²) in [6, 6.07) is 9.12. The molecule has 2 atom stereocenters. The van der Waals surface area contributed by atoms with Crippen LogP contribution in [0.5, 0.6) is 0 Å². The summed E-state index contributed by atoms with van der Waals surface area (Å²) in [5.41, 5.74) is 1.22. The van der Waals surface area contributed by atoms with Gasteiger partial charge in [-0.1, -0.05) is 49.4 Å². The number of nitrogens with one attached hydrogen (secondary N) is 1. The molecule has 0 spiro atoms. The second kappa shape index (κ2) is 11.2. The molecule has 3 N–H and O–H groups in total. The fraction of sp³-hybridized carbons (Fsp3) is 0.444. The number of benzene rings is 1. The summed E-state index contributed by atoms with van der Waals surface area (Å²) in [7, 11) is 0. The van der Waals surface area contributed by atoms with Gasteiger partial charge in [0.15, 0.2) is 0 Å². The van der Waals surface area contributed by atoms with Gasteiger partial charge in [0.1, 0.15) is 6.61 Å². The monoisotopic (exact) mass is 335 g/mol. The minimum Gasteiger partial charge on any atom is -0.481 e. The van der Waals surface area contributed by atoms with E-state index in [9.17, 15) is 14.7 Å². The smallest absolute Gasteiger partial charge is 0.407 e. The van der Waals surface area contributed by atoms with Crippen molar-refractivity contribution in [3.8, 4) is 0 Å². The molecule has 132 valence electrons. The lowest BCUT2D eigenvalue weighted by Gasteiger charge is -2.22. The molecule has 0 aliphatic rings. The summed E-state index contributed by atoms with van der Waals surface area (Å²) in [5, 5.41) is 21.5. The van der Waals surface area contributed by atoms with Crippen molar-refractivity contribution in [2.45, 2.75) is 44.2 Å². The number of carbonyl (C=O) groups is 2. The van der Waals surface area contributed by atoms with Crippen LogP contribution in [-0.2, 0) is 16.0 Å².